The molecule has 2 nitrogen and oxygen atoms in total. The molecular formula is C17H17NO. The molecule has 0 saturated carbocycles. The molecule has 0 spiro atoms. The van der Waals surface area contributed by atoms with E-state index in [1.165, 1.54) is 27.7 Å². The lowest BCUT2D eigenvalue weighted by molar-refractivity contribution is 0.415. The molecule has 0 bridgehead atoms. The molecule has 0 radical (unpaired) electrons. The monoisotopic (exact) mass is 251 g/mol. The van der Waals surface area contributed by atoms with E-state index in [9.17, 15) is 0 Å². The highest BCUT2D eigenvalue weighted by atomic mass is 16.5. The zero-order valence-corrected chi connectivity index (χ0v) is 11.2. The van der Waals surface area contributed by atoms with Gasteiger partial charge in [0, 0.05) is 22.2 Å². The van der Waals surface area contributed by atoms with Crippen LogP contribution >= 0.6 is 0 Å². The molecule has 1 heterocycles. The minimum Gasteiger partial charge on any atom is -0.497 e. The number of hydrogen-bond acceptors (Lipinski definition) is 1. The molecule has 0 aliphatic carbocycles. The van der Waals surface area contributed by atoms with Crippen LogP contribution in [0.2, 0.25) is 0 Å². The number of benzene rings is 2. The van der Waals surface area contributed by atoms with Gasteiger partial charge >= 0.3 is 0 Å². The van der Waals surface area contributed by atoms with Crippen molar-refractivity contribution in [2.45, 2.75) is 13.3 Å². The number of aryl methyl sites for hydroxylation is 1. The van der Waals surface area contributed by atoms with Gasteiger partial charge in [-0.25, -0.2) is 0 Å². The normalized spacial score (nSPS) is 10.8. The SMILES string of the molecule is CCc1[nH]c2ccccc2c1-c1ccc(OC)cc1. The van der Waals surface area contributed by atoms with Gasteiger partial charge in [0.2, 0.25) is 0 Å². The second kappa shape index (κ2) is 4.81. The molecule has 0 aliphatic rings. The highest BCUT2D eigenvalue weighted by Crippen LogP contribution is 2.33. The van der Waals surface area contributed by atoms with Crippen molar-refractivity contribution in [2.75, 3.05) is 7.11 Å². The minimum absolute atomic E-state index is 0.890. The van der Waals surface area contributed by atoms with Gasteiger partial charge in [-0.15, -0.1) is 0 Å². The fourth-order valence-electron chi connectivity index (χ4n) is 2.55. The molecule has 1 N–H and O–H groups in total. The average Bonchev–Trinajstić information content (AvgIpc) is 2.86. The third-order valence-corrected chi connectivity index (χ3v) is 3.52. The van der Waals surface area contributed by atoms with Gasteiger partial charge < -0.3 is 9.72 Å². The zero-order valence-electron chi connectivity index (χ0n) is 11.2. The molecular weight excluding hydrogens is 234 g/mol. The summed E-state index contributed by atoms with van der Waals surface area (Å²) < 4.78 is 5.22. The van der Waals surface area contributed by atoms with Crippen LogP contribution in [0.25, 0.3) is 22.0 Å². The van der Waals surface area contributed by atoms with E-state index < -0.39 is 0 Å². The summed E-state index contributed by atoms with van der Waals surface area (Å²) in [6.45, 7) is 2.18. The highest BCUT2D eigenvalue weighted by Gasteiger charge is 2.11. The first kappa shape index (κ1) is 11.8. The average molecular weight is 251 g/mol. The molecule has 0 aliphatic heterocycles. The topological polar surface area (TPSA) is 25.0 Å². The van der Waals surface area contributed by atoms with Crippen LogP contribution in [-0.4, -0.2) is 12.1 Å². The molecule has 0 unspecified atom stereocenters. The fraction of sp³-hybridized carbons (Fsp3) is 0.176. The Morgan fingerprint density at radius 1 is 1.00 bits per heavy atom. The van der Waals surface area contributed by atoms with Gasteiger partial charge in [-0.05, 0) is 30.2 Å². The van der Waals surface area contributed by atoms with Crippen LogP contribution in [0.3, 0.4) is 0 Å². The van der Waals surface area contributed by atoms with Crippen LogP contribution in [0.1, 0.15) is 12.6 Å². The molecule has 2 heteroatoms. The van der Waals surface area contributed by atoms with Gasteiger partial charge in [0.15, 0.2) is 0 Å². The second-order valence-corrected chi connectivity index (χ2v) is 4.61. The summed E-state index contributed by atoms with van der Waals surface area (Å²) >= 11 is 0. The number of methoxy groups -OCH3 is 1. The van der Waals surface area contributed by atoms with E-state index in [0.29, 0.717) is 0 Å². The molecule has 1 aromatic heterocycles. The Morgan fingerprint density at radius 3 is 2.42 bits per heavy atom. The molecule has 96 valence electrons. The van der Waals surface area contributed by atoms with Gasteiger partial charge in [0.05, 0.1) is 7.11 Å². The molecule has 2 aromatic carbocycles. The van der Waals surface area contributed by atoms with Crippen molar-refractivity contribution in [1.29, 1.82) is 0 Å². The molecule has 0 atom stereocenters. The van der Waals surface area contributed by atoms with E-state index in [1.807, 2.05) is 12.1 Å². The maximum absolute atomic E-state index is 5.22. The third kappa shape index (κ3) is 1.99. The van der Waals surface area contributed by atoms with Crippen molar-refractivity contribution in [2.24, 2.45) is 0 Å². The molecule has 19 heavy (non-hydrogen) atoms. The molecule has 3 rings (SSSR count). The Bertz CT molecular complexity index is 695. The smallest absolute Gasteiger partial charge is 0.118 e. The van der Waals surface area contributed by atoms with Crippen molar-refractivity contribution in [1.82, 2.24) is 4.98 Å². The van der Waals surface area contributed by atoms with Crippen LogP contribution < -0.4 is 4.74 Å². The molecule has 0 amide bonds. The first-order chi connectivity index (χ1) is 9.33. The van der Waals surface area contributed by atoms with Crippen LogP contribution in [0.4, 0.5) is 0 Å². The van der Waals surface area contributed by atoms with E-state index in [2.05, 4.69) is 48.3 Å². The summed E-state index contributed by atoms with van der Waals surface area (Å²) in [4.78, 5) is 3.51. The zero-order chi connectivity index (χ0) is 13.2. The summed E-state index contributed by atoms with van der Waals surface area (Å²) in [6, 6.07) is 16.7. The molecule has 3 aromatic rings. The Morgan fingerprint density at radius 2 is 1.74 bits per heavy atom. The van der Waals surface area contributed by atoms with E-state index >= 15 is 0 Å². The lowest BCUT2D eigenvalue weighted by Crippen LogP contribution is -1.86. The minimum atomic E-state index is 0.890. The van der Waals surface area contributed by atoms with Gasteiger partial charge in [-0.2, -0.15) is 0 Å². The maximum Gasteiger partial charge on any atom is 0.118 e. The highest BCUT2D eigenvalue weighted by molar-refractivity contribution is 5.97. The van der Waals surface area contributed by atoms with E-state index in [4.69, 9.17) is 4.74 Å². The van der Waals surface area contributed by atoms with Crippen molar-refractivity contribution >= 4 is 10.9 Å². The van der Waals surface area contributed by atoms with Crippen LogP contribution in [-0.2, 0) is 6.42 Å². The largest absolute Gasteiger partial charge is 0.497 e. The summed E-state index contributed by atoms with van der Waals surface area (Å²) in [5.41, 5.74) is 5.02. The number of aromatic amines is 1. The summed E-state index contributed by atoms with van der Waals surface area (Å²) in [6.07, 6.45) is 0.996. The first-order valence-corrected chi connectivity index (χ1v) is 6.57. The first-order valence-electron chi connectivity index (χ1n) is 6.57. The van der Waals surface area contributed by atoms with Crippen molar-refractivity contribution in [3.05, 3.63) is 54.2 Å². The number of fused-ring (bicyclic) bond motifs is 1. The predicted octanol–water partition coefficient (Wildman–Crippen LogP) is 4.41. The number of aromatic nitrogens is 1. The van der Waals surface area contributed by atoms with Crippen molar-refractivity contribution < 1.29 is 4.74 Å². The Hall–Kier alpha value is -2.22. The van der Waals surface area contributed by atoms with Crippen molar-refractivity contribution in [3.63, 3.8) is 0 Å². The van der Waals surface area contributed by atoms with Crippen LogP contribution in [0.5, 0.6) is 5.75 Å². The lowest BCUT2D eigenvalue weighted by Gasteiger charge is -2.05. The van der Waals surface area contributed by atoms with Crippen LogP contribution in [0.15, 0.2) is 48.5 Å². The Balaban J connectivity index is 2.21. The summed E-state index contributed by atoms with van der Waals surface area (Å²) in [5, 5.41) is 1.28. The Labute approximate surface area is 113 Å². The fourth-order valence-corrected chi connectivity index (χ4v) is 2.55. The maximum atomic E-state index is 5.22. The number of nitrogens with one attached hydrogen (secondary N) is 1. The van der Waals surface area contributed by atoms with E-state index in [-0.39, 0.29) is 0 Å². The van der Waals surface area contributed by atoms with Gasteiger partial charge in [-0.1, -0.05) is 37.3 Å². The number of rotatable bonds is 3. The number of para-hydroxylation sites is 1. The van der Waals surface area contributed by atoms with E-state index in [0.717, 1.165) is 12.2 Å². The standard InChI is InChI=1S/C17H17NO/c1-3-15-17(12-8-10-13(19-2)11-9-12)14-6-4-5-7-16(14)18-15/h4-11,18H,3H2,1-2H3. The number of ether oxygens (including phenoxy) is 1. The summed E-state index contributed by atoms with van der Waals surface area (Å²) in [5.74, 6) is 0.890. The van der Waals surface area contributed by atoms with Gasteiger partial charge in [-0.3, -0.25) is 0 Å². The number of hydrogen-bond donors (Lipinski definition) is 1. The molecule has 0 saturated heterocycles. The summed E-state index contributed by atoms with van der Waals surface area (Å²) in [7, 11) is 1.69. The van der Waals surface area contributed by atoms with Gasteiger partial charge in [0.1, 0.15) is 5.75 Å². The second-order valence-electron chi connectivity index (χ2n) is 4.61. The Kier molecular flexibility index (Phi) is 3.00. The number of H-pyrrole nitrogens is 1. The van der Waals surface area contributed by atoms with E-state index in [1.54, 1.807) is 7.11 Å². The predicted molar refractivity (Wildman–Crippen MR) is 79.7 cm³/mol. The molecule has 0 fully saturated rings. The lowest BCUT2D eigenvalue weighted by atomic mass is 10.0. The quantitative estimate of drug-likeness (QED) is 0.733. The third-order valence-electron chi connectivity index (χ3n) is 3.52. The van der Waals surface area contributed by atoms with Crippen molar-refractivity contribution in [3.8, 4) is 16.9 Å². The van der Waals surface area contributed by atoms with Crippen LogP contribution in [0, 0.1) is 0 Å². The van der Waals surface area contributed by atoms with Gasteiger partial charge in [0.25, 0.3) is 0 Å².